The Labute approximate surface area is 123 Å². The summed E-state index contributed by atoms with van der Waals surface area (Å²) in [6.07, 6.45) is 0.388. The van der Waals surface area contributed by atoms with Gasteiger partial charge >= 0.3 is 0 Å². The maximum absolute atomic E-state index is 12.0. The summed E-state index contributed by atoms with van der Waals surface area (Å²) in [6.45, 7) is 4.08. The molecule has 6 heteroatoms. The van der Waals surface area contributed by atoms with E-state index < -0.39 is 0 Å². The van der Waals surface area contributed by atoms with E-state index >= 15 is 0 Å². The molecule has 0 aliphatic heterocycles. The van der Waals surface area contributed by atoms with Crippen molar-refractivity contribution in [3.8, 4) is 0 Å². The highest BCUT2D eigenvalue weighted by atomic mass is 32.1. The highest BCUT2D eigenvalue weighted by molar-refractivity contribution is 7.80. The van der Waals surface area contributed by atoms with Gasteiger partial charge in [-0.1, -0.05) is 24.4 Å². The van der Waals surface area contributed by atoms with E-state index in [0.717, 1.165) is 16.9 Å². The van der Waals surface area contributed by atoms with Crippen LogP contribution in [-0.2, 0) is 17.8 Å². The lowest BCUT2D eigenvalue weighted by Gasteiger charge is -2.11. The van der Waals surface area contributed by atoms with Crippen molar-refractivity contribution >= 4 is 34.1 Å². The molecule has 2 rings (SSSR count). The number of aromatic nitrogens is 2. The molecule has 1 aromatic carbocycles. The van der Waals surface area contributed by atoms with E-state index in [1.807, 2.05) is 42.7 Å². The van der Waals surface area contributed by atoms with Crippen LogP contribution in [0.3, 0.4) is 0 Å². The number of thiocarbonyl (C=S) groups is 1. The molecule has 1 amide bonds. The largest absolute Gasteiger partial charge is 0.393 e. The van der Waals surface area contributed by atoms with Crippen LogP contribution < -0.4 is 11.1 Å². The first-order valence-electron chi connectivity index (χ1n) is 6.49. The number of amides is 1. The minimum absolute atomic E-state index is 0.0488. The molecule has 0 aliphatic rings. The van der Waals surface area contributed by atoms with E-state index in [9.17, 15) is 4.79 Å². The monoisotopic (exact) mass is 290 g/mol. The van der Waals surface area contributed by atoms with Crippen LogP contribution in [0.15, 0.2) is 24.3 Å². The van der Waals surface area contributed by atoms with E-state index in [1.54, 1.807) is 0 Å². The maximum atomic E-state index is 12.0. The lowest BCUT2D eigenvalue weighted by Crippen LogP contribution is -2.33. The first-order valence-corrected chi connectivity index (χ1v) is 6.90. The van der Waals surface area contributed by atoms with Crippen molar-refractivity contribution in [3.63, 3.8) is 0 Å². The fraction of sp³-hybridized carbons (Fsp3) is 0.357. The van der Waals surface area contributed by atoms with Crippen LogP contribution in [0.1, 0.15) is 19.7 Å². The van der Waals surface area contributed by atoms with Crippen molar-refractivity contribution in [2.45, 2.75) is 32.9 Å². The second-order valence-corrected chi connectivity index (χ2v) is 5.49. The number of benzene rings is 1. The smallest absolute Gasteiger partial charge is 0.240 e. The second-order valence-electron chi connectivity index (χ2n) is 4.97. The SMILES string of the molecule is CC(C)NC(=O)Cn1c(CC(N)=S)nc2ccccc21. The van der Waals surface area contributed by atoms with Crippen LogP contribution in [0.2, 0.25) is 0 Å². The highest BCUT2D eigenvalue weighted by Gasteiger charge is 2.14. The maximum Gasteiger partial charge on any atom is 0.240 e. The van der Waals surface area contributed by atoms with Crippen molar-refractivity contribution < 1.29 is 4.79 Å². The van der Waals surface area contributed by atoms with Crippen LogP contribution in [0.4, 0.5) is 0 Å². The quantitative estimate of drug-likeness (QED) is 0.816. The molecule has 5 nitrogen and oxygen atoms in total. The number of fused-ring (bicyclic) bond motifs is 1. The van der Waals surface area contributed by atoms with E-state index in [1.165, 1.54) is 0 Å². The molecular weight excluding hydrogens is 272 g/mol. The number of nitrogens with zero attached hydrogens (tertiary/aromatic N) is 2. The predicted molar refractivity (Wildman–Crippen MR) is 83.5 cm³/mol. The number of hydrogen-bond acceptors (Lipinski definition) is 3. The summed E-state index contributed by atoms with van der Waals surface area (Å²) in [5.74, 6) is 0.671. The van der Waals surface area contributed by atoms with Crippen LogP contribution in [0, 0.1) is 0 Å². The third-order valence-electron chi connectivity index (χ3n) is 2.82. The highest BCUT2D eigenvalue weighted by Crippen LogP contribution is 2.16. The molecule has 3 N–H and O–H groups in total. The molecule has 1 aromatic heterocycles. The van der Waals surface area contributed by atoms with Crippen molar-refractivity contribution in [2.24, 2.45) is 5.73 Å². The molecule has 0 spiro atoms. The number of carbonyl (C=O) groups is 1. The Morgan fingerprint density at radius 1 is 1.45 bits per heavy atom. The molecule has 20 heavy (non-hydrogen) atoms. The summed E-state index contributed by atoms with van der Waals surface area (Å²) in [5.41, 5.74) is 7.36. The Kier molecular flexibility index (Phi) is 4.34. The number of nitrogens with two attached hydrogens (primary N) is 1. The lowest BCUT2D eigenvalue weighted by atomic mass is 10.3. The average molecular weight is 290 g/mol. The Balaban J connectivity index is 2.37. The summed E-state index contributed by atoms with van der Waals surface area (Å²) in [7, 11) is 0. The van der Waals surface area contributed by atoms with Crippen molar-refractivity contribution in [1.29, 1.82) is 0 Å². The molecule has 0 saturated heterocycles. The van der Waals surface area contributed by atoms with Gasteiger partial charge in [-0.25, -0.2) is 4.98 Å². The molecule has 0 unspecified atom stereocenters. The van der Waals surface area contributed by atoms with Crippen LogP contribution >= 0.6 is 12.2 Å². The first kappa shape index (κ1) is 14.5. The summed E-state index contributed by atoms with van der Waals surface area (Å²) < 4.78 is 1.87. The van der Waals surface area contributed by atoms with E-state index in [4.69, 9.17) is 18.0 Å². The van der Waals surface area contributed by atoms with Gasteiger partial charge in [0, 0.05) is 6.04 Å². The Morgan fingerprint density at radius 3 is 2.80 bits per heavy atom. The molecule has 1 heterocycles. The standard InChI is InChI=1S/C14H18N4OS/c1-9(2)16-14(19)8-18-11-6-4-3-5-10(11)17-13(18)7-12(15)20/h3-6,9H,7-8H2,1-2H3,(H2,15,20)(H,16,19). The van der Waals surface area contributed by atoms with Gasteiger partial charge in [0.1, 0.15) is 12.4 Å². The number of carbonyl (C=O) groups excluding carboxylic acids is 1. The number of imidazole rings is 1. The fourth-order valence-corrected chi connectivity index (χ4v) is 2.23. The third-order valence-corrected chi connectivity index (χ3v) is 2.96. The fourth-order valence-electron chi connectivity index (χ4n) is 2.10. The molecule has 0 fully saturated rings. The minimum atomic E-state index is -0.0488. The summed E-state index contributed by atoms with van der Waals surface area (Å²) in [6, 6.07) is 7.80. The zero-order valence-electron chi connectivity index (χ0n) is 11.6. The van der Waals surface area contributed by atoms with Gasteiger partial charge < -0.3 is 15.6 Å². The van der Waals surface area contributed by atoms with E-state index in [-0.39, 0.29) is 18.5 Å². The molecule has 106 valence electrons. The van der Waals surface area contributed by atoms with Gasteiger partial charge in [0.15, 0.2) is 0 Å². The van der Waals surface area contributed by atoms with E-state index in [0.29, 0.717) is 11.4 Å². The second kappa shape index (κ2) is 6.00. The molecule has 2 aromatic rings. The Hall–Kier alpha value is -1.95. The van der Waals surface area contributed by atoms with Crippen molar-refractivity contribution in [1.82, 2.24) is 14.9 Å². The van der Waals surface area contributed by atoms with Crippen molar-refractivity contribution in [3.05, 3.63) is 30.1 Å². The minimum Gasteiger partial charge on any atom is -0.393 e. The van der Waals surface area contributed by atoms with Gasteiger partial charge in [0.05, 0.1) is 22.4 Å². The third kappa shape index (κ3) is 3.33. The topological polar surface area (TPSA) is 72.9 Å². The van der Waals surface area contributed by atoms with Gasteiger partial charge in [-0.2, -0.15) is 0 Å². The zero-order chi connectivity index (χ0) is 14.7. The predicted octanol–water partition coefficient (Wildman–Crippen LogP) is 1.39. The van der Waals surface area contributed by atoms with Crippen molar-refractivity contribution in [2.75, 3.05) is 0 Å². The van der Waals surface area contributed by atoms with Gasteiger partial charge in [-0.3, -0.25) is 4.79 Å². The molecule has 0 atom stereocenters. The molecule has 0 radical (unpaired) electrons. The number of nitrogens with one attached hydrogen (secondary N) is 1. The normalized spacial score (nSPS) is 10.9. The average Bonchev–Trinajstić information content (AvgIpc) is 2.66. The Morgan fingerprint density at radius 2 is 2.15 bits per heavy atom. The molecule has 0 saturated carbocycles. The summed E-state index contributed by atoms with van der Waals surface area (Å²) in [4.78, 5) is 16.8. The molecular formula is C14H18N4OS. The van der Waals surface area contributed by atoms with Gasteiger partial charge in [0.25, 0.3) is 0 Å². The van der Waals surface area contributed by atoms with Gasteiger partial charge in [0.2, 0.25) is 5.91 Å². The molecule has 0 bridgehead atoms. The van der Waals surface area contributed by atoms with Crippen LogP contribution in [0.5, 0.6) is 0 Å². The van der Waals surface area contributed by atoms with Crippen LogP contribution in [-0.4, -0.2) is 26.5 Å². The first-order chi connectivity index (χ1) is 9.47. The molecule has 0 aliphatic carbocycles. The van der Waals surface area contributed by atoms with Crippen LogP contribution in [0.25, 0.3) is 11.0 Å². The van der Waals surface area contributed by atoms with Gasteiger partial charge in [-0.15, -0.1) is 0 Å². The zero-order valence-corrected chi connectivity index (χ0v) is 12.4. The Bertz CT molecular complexity index is 648. The van der Waals surface area contributed by atoms with E-state index in [2.05, 4.69) is 10.3 Å². The summed E-state index contributed by atoms with van der Waals surface area (Å²) >= 11 is 4.95. The van der Waals surface area contributed by atoms with Gasteiger partial charge in [-0.05, 0) is 26.0 Å². The number of para-hydroxylation sites is 2. The number of hydrogen-bond donors (Lipinski definition) is 2. The lowest BCUT2D eigenvalue weighted by molar-refractivity contribution is -0.122. The number of rotatable bonds is 5. The summed E-state index contributed by atoms with van der Waals surface area (Å²) in [5, 5.41) is 2.87.